The Balaban J connectivity index is 1.90. The van der Waals surface area contributed by atoms with Crippen molar-refractivity contribution in [3.63, 3.8) is 0 Å². The molecule has 0 N–H and O–H groups in total. The maximum Gasteiger partial charge on any atom is 0.218 e. The molecule has 0 saturated heterocycles. The minimum absolute atomic E-state index is 0.244. The fourth-order valence-electron chi connectivity index (χ4n) is 2.36. The first kappa shape index (κ1) is 15.0. The molecule has 0 fully saturated rings. The largest absolute Gasteiger partial charge is 0.854 e. The lowest BCUT2D eigenvalue weighted by Crippen LogP contribution is -2.37. The first-order valence-electron chi connectivity index (χ1n) is 7.59. The van der Waals surface area contributed by atoms with Gasteiger partial charge in [0.15, 0.2) is 0 Å². The van der Waals surface area contributed by atoms with Gasteiger partial charge in [-0.25, -0.2) is 0 Å². The van der Waals surface area contributed by atoms with Crippen molar-refractivity contribution in [2.75, 3.05) is 0 Å². The van der Waals surface area contributed by atoms with Crippen LogP contribution in [0.4, 0.5) is 0 Å². The molecule has 0 saturated carbocycles. The number of aromatic nitrogens is 1. The molecule has 3 nitrogen and oxygen atoms in total. The summed E-state index contributed by atoms with van der Waals surface area (Å²) >= 11 is 0. The smallest absolute Gasteiger partial charge is 0.218 e. The third-order valence-corrected chi connectivity index (χ3v) is 3.65. The molecule has 0 bridgehead atoms. The van der Waals surface area contributed by atoms with Crippen molar-refractivity contribution < 1.29 is 9.78 Å². The fraction of sp³-hybridized carbons (Fsp3) is 0.100. The molecule has 3 heteroatoms. The zero-order chi connectivity index (χ0) is 16.1. The van der Waals surface area contributed by atoms with Crippen molar-refractivity contribution in [3.05, 3.63) is 101 Å². The van der Waals surface area contributed by atoms with Crippen LogP contribution in [0.3, 0.4) is 0 Å². The molecule has 23 heavy (non-hydrogen) atoms. The van der Waals surface area contributed by atoms with E-state index in [4.69, 9.17) is 0 Å². The van der Waals surface area contributed by atoms with Gasteiger partial charge < -0.3 is 5.11 Å². The van der Waals surface area contributed by atoms with Crippen molar-refractivity contribution in [2.24, 2.45) is 5.10 Å². The summed E-state index contributed by atoms with van der Waals surface area (Å²) in [6.45, 7) is 2.07. The van der Waals surface area contributed by atoms with E-state index in [1.807, 2.05) is 42.6 Å². The molecule has 0 amide bonds. The molecule has 0 atom stereocenters. The number of hydrogen-bond acceptors (Lipinski definition) is 2. The van der Waals surface area contributed by atoms with Gasteiger partial charge in [-0.1, -0.05) is 64.8 Å². The minimum atomic E-state index is -0.244. The summed E-state index contributed by atoms with van der Waals surface area (Å²) in [5.74, 6) is -0.244. The molecule has 0 aliphatic carbocycles. The molecule has 2 aromatic carbocycles. The molecule has 0 aliphatic rings. The van der Waals surface area contributed by atoms with Gasteiger partial charge in [0.25, 0.3) is 0 Å². The van der Waals surface area contributed by atoms with Crippen LogP contribution in [0.15, 0.2) is 84.1 Å². The first-order chi connectivity index (χ1) is 11.2. The standard InChI is InChI=1S/C20H18N2O/c1-16-10-12-17(13-11-16)15-19-9-5-6-14-22(19)21-20(23)18-7-3-2-4-8-18/h2-14H,15H2,1H3. The van der Waals surface area contributed by atoms with Gasteiger partial charge in [0.2, 0.25) is 11.9 Å². The average Bonchev–Trinajstić information content (AvgIpc) is 2.59. The normalized spacial score (nSPS) is 11.4. The van der Waals surface area contributed by atoms with Gasteiger partial charge in [-0.05, 0) is 29.2 Å². The average molecular weight is 302 g/mol. The third kappa shape index (κ3) is 3.83. The van der Waals surface area contributed by atoms with Crippen LogP contribution in [0, 0.1) is 6.92 Å². The molecule has 0 aliphatic heterocycles. The minimum Gasteiger partial charge on any atom is -0.854 e. The molecule has 1 aromatic heterocycles. The number of benzene rings is 2. The van der Waals surface area contributed by atoms with E-state index in [1.54, 1.807) is 16.8 Å². The Labute approximate surface area is 136 Å². The van der Waals surface area contributed by atoms with Crippen LogP contribution in [-0.2, 0) is 6.42 Å². The molecule has 3 rings (SSSR count). The lowest BCUT2D eigenvalue weighted by molar-refractivity contribution is -0.688. The van der Waals surface area contributed by atoms with E-state index in [1.165, 1.54) is 11.1 Å². The van der Waals surface area contributed by atoms with E-state index >= 15 is 0 Å². The second kappa shape index (κ2) is 6.88. The molecule has 0 unspecified atom stereocenters. The lowest BCUT2D eigenvalue weighted by atomic mass is 10.1. The predicted octanol–water partition coefficient (Wildman–Crippen LogP) is 2.44. The highest BCUT2D eigenvalue weighted by atomic mass is 16.3. The topological polar surface area (TPSA) is 39.3 Å². The predicted molar refractivity (Wildman–Crippen MR) is 89.0 cm³/mol. The fourth-order valence-corrected chi connectivity index (χ4v) is 2.36. The van der Waals surface area contributed by atoms with E-state index in [0.717, 1.165) is 12.1 Å². The molecule has 0 radical (unpaired) electrons. The zero-order valence-electron chi connectivity index (χ0n) is 13.0. The second-order valence-electron chi connectivity index (χ2n) is 5.47. The Morgan fingerprint density at radius 2 is 1.61 bits per heavy atom. The van der Waals surface area contributed by atoms with Crippen LogP contribution in [-0.4, -0.2) is 5.90 Å². The summed E-state index contributed by atoms with van der Waals surface area (Å²) in [4.78, 5) is 0. The van der Waals surface area contributed by atoms with Gasteiger partial charge >= 0.3 is 0 Å². The summed E-state index contributed by atoms with van der Waals surface area (Å²) in [6.07, 6.45) is 2.54. The Morgan fingerprint density at radius 3 is 2.35 bits per heavy atom. The first-order valence-corrected chi connectivity index (χ1v) is 7.59. The monoisotopic (exact) mass is 302 g/mol. The van der Waals surface area contributed by atoms with Crippen LogP contribution < -0.4 is 9.78 Å². The quantitative estimate of drug-likeness (QED) is 0.414. The highest BCUT2D eigenvalue weighted by Crippen LogP contribution is 2.08. The van der Waals surface area contributed by atoms with Crippen LogP contribution in [0.25, 0.3) is 0 Å². The van der Waals surface area contributed by atoms with Crippen LogP contribution in [0.5, 0.6) is 0 Å². The molecular weight excluding hydrogens is 284 g/mol. The highest BCUT2D eigenvalue weighted by Gasteiger charge is 2.10. The van der Waals surface area contributed by atoms with Crippen molar-refractivity contribution in [2.45, 2.75) is 13.3 Å². The van der Waals surface area contributed by atoms with E-state index < -0.39 is 0 Å². The van der Waals surface area contributed by atoms with Gasteiger partial charge in [0, 0.05) is 12.1 Å². The number of nitrogens with zero attached hydrogens (tertiary/aromatic N) is 2. The lowest BCUT2D eigenvalue weighted by Gasteiger charge is -2.07. The van der Waals surface area contributed by atoms with Gasteiger partial charge in [-0.15, -0.1) is 0 Å². The Kier molecular flexibility index (Phi) is 4.48. The molecule has 1 heterocycles. The Bertz CT molecular complexity index is 809. The van der Waals surface area contributed by atoms with Crippen LogP contribution >= 0.6 is 0 Å². The maximum atomic E-state index is 12.3. The number of aryl methyl sites for hydroxylation is 1. The highest BCUT2D eigenvalue weighted by molar-refractivity contribution is 5.89. The summed E-state index contributed by atoms with van der Waals surface area (Å²) < 4.78 is 1.66. The van der Waals surface area contributed by atoms with Gasteiger partial charge in [0.1, 0.15) is 0 Å². The summed E-state index contributed by atoms with van der Waals surface area (Å²) in [6, 6.07) is 23.3. The third-order valence-electron chi connectivity index (χ3n) is 3.65. The van der Waals surface area contributed by atoms with Crippen molar-refractivity contribution in [1.82, 2.24) is 0 Å². The molecular formula is C20H18N2O. The number of pyridine rings is 1. The van der Waals surface area contributed by atoms with Crippen molar-refractivity contribution >= 4 is 5.90 Å². The number of hydrogen-bond donors (Lipinski definition) is 0. The SMILES string of the molecule is Cc1ccc(Cc2cccc[n+]2/N=C(\[O-])c2ccccc2)cc1. The number of rotatable bonds is 4. The van der Waals surface area contributed by atoms with Gasteiger partial charge in [-0.2, -0.15) is 0 Å². The van der Waals surface area contributed by atoms with Gasteiger partial charge in [0.05, 0.1) is 12.3 Å². The second-order valence-corrected chi connectivity index (χ2v) is 5.47. The molecule has 3 aromatic rings. The van der Waals surface area contributed by atoms with Crippen LogP contribution in [0.1, 0.15) is 22.4 Å². The van der Waals surface area contributed by atoms with E-state index in [0.29, 0.717) is 5.56 Å². The van der Waals surface area contributed by atoms with E-state index in [2.05, 4.69) is 36.3 Å². The van der Waals surface area contributed by atoms with E-state index in [-0.39, 0.29) is 5.90 Å². The Morgan fingerprint density at radius 1 is 0.913 bits per heavy atom. The molecule has 0 spiro atoms. The van der Waals surface area contributed by atoms with Crippen molar-refractivity contribution in [3.8, 4) is 0 Å². The van der Waals surface area contributed by atoms with Crippen LogP contribution in [0.2, 0.25) is 0 Å². The molecule has 114 valence electrons. The summed E-state index contributed by atoms with van der Waals surface area (Å²) in [7, 11) is 0. The van der Waals surface area contributed by atoms with Crippen molar-refractivity contribution in [1.29, 1.82) is 0 Å². The maximum absolute atomic E-state index is 12.3. The summed E-state index contributed by atoms with van der Waals surface area (Å²) in [5, 5.41) is 16.5. The van der Waals surface area contributed by atoms with E-state index in [9.17, 15) is 5.11 Å². The van der Waals surface area contributed by atoms with Gasteiger partial charge in [-0.3, -0.25) is 0 Å². The Hall–Kier alpha value is -2.94. The summed E-state index contributed by atoms with van der Waals surface area (Å²) in [5.41, 5.74) is 3.99. The zero-order valence-corrected chi connectivity index (χ0v) is 13.0.